The Morgan fingerprint density at radius 2 is 2.11 bits per heavy atom. The normalized spacial score (nSPS) is 23.3. The van der Waals surface area contributed by atoms with Gasteiger partial charge in [0.1, 0.15) is 0 Å². The van der Waals surface area contributed by atoms with E-state index in [2.05, 4.69) is 12.1 Å². The second-order valence-electron chi connectivity index (χ2n) is 4.72. The summed E-state index contributed by atoms with van der Waals surface area (Å²) in [4.78, 5) is 13.9. The summed E-state index contributed by atoms with van der Waals surface area (Å²) in [5.74, 6) is 1.41. The molecule has 1 aromatic carbocycles. The number of nitrogens with two attached hydrogens (primary N) is 1. The minimum atomic E-state index is 0.0608. The summed E-state index contributed by atoms with van der Waals surface area (Å²) in [6, 6.07) is 10.3. The monoisotopic (exact) mass is 264 g/mol. The first-order chi connectivity index (χ1) is 8.72. The first kappa shape index (κ1) is 13.4. The second kappa shape index (κ2) is 6.25. The molecule has 0 radical (unpaired) electrons. The van der Waals surface area contributed by atoms with Crippen molar-refractivity contribution in [3.8, 4) is 0 Å². The van der Waals surface area contributed by atoms with Crippen molar-refractivity contribution in [3.05, 3.63) is 35.9 Å². The standard InChI is InChI=1S/C14H20N2OS/c1-18-8-7-14(17)16-9-12(13(15)10-16)11-5-3-2-4-6-11/h2-6,12-13H,7-10,15H2,1H3/t12-,13+/m0/s1. The van der Waals surface area contributed by atoms with E-state index < -0.39 is 0 Å². The molecule has 0 unspecified atom stereocenters. The molecule has 18 heavy (non-hydrogen) atoms. The molecule has 0 bridgehead atoms. The van der Waals surface area contributed by atoms with Crippen molar-refractivity contribution >= 4 is 17.7 Å². The maximum absolute atomic E-state index is 12.0. The van der Waals surface area contributed by atoms with Crippen LogP contribution < -0.4 is 5.73 Å². The molecule has 1 heterocycles. The number of nitrogens with zero attached hydrogens (tertiary/aromatic N) is 1. The SMILES string of the molecule is CSCCC(=O)N1C[C@@H](N)[C@H](c2ccccc2)C1. The number of rotatable bonds is 4. The van der Waals surface area contributed by atoms with Crippen molar-refractivity contribution in [1.29, 1.82) is 0 Å². The van der Waals surface area contributed by atoms with Gasteiger partial charge in [-0.25, -0.2) is 0 Å². The Balaban J connectivity index is 1.99. The molecule has 98 valence electrons. The molecule has 2 atom stereocenters. The summed E-state index contributed by atoms with van der Waals surface area (Å²) in [7, 11) is 0. The van der Waals surface area contributed by atoms with Crippen LogP contribution in [0.4, 0.5) is 0 Å². The number of carbonyl (C=O) groups excluding carboxylic acids is 1. The van der Waals surface area contributed by atoms with E-state index in [0.29, 0.717) is 13.0 Å². The number of benzene rings is 1. The number of likely N-dealkylation sites (tertiary alicyclic amines) is 1. The Labute approximate surface area is 113 Å². The lowest BCUT2D eigenvalue weighted by molar-refractivity contribution is -0.129. The van der Waals surface area contributed by atoms with Crippen LogP contribution in [0, 0.1) is 0 Å². The van der Waals surface area contributed by atoms with Gasteiger partial charge in [0.15, 0.2) is 0 Å². The maximum Gasteiger partial charge on any atom is 0.223 e. The number of hydrogen-bond acceptors (Lipinski definition) is 3. The number of hydrogen-bond donors (Lipinski definition) is 1. The van der Waals surface area contributed by atoms with Crippen LogP contribution in [0.2, 0.25) is 0 Å². The Kier molecular flexibility index (Phi) is 4.66. The van der Waals surface area contributed by atoms with E-state index in [1.807, 2.05) is 29.4 Å². The third-order valence-corrected chi connectivity index (χ3v) is 4.08. The van der Waals surface area contributed by atoms with Gasteiger partial charge in [0.05, 0.1) is 0 Å². The molecule has 0 saturated carbocycles. The van der Waals surface area contributed by atoms with E-state index in [1.165, 1.54) is 5.56 Å². The van der Waals surface area contributed by atoms with Gasteiger partial charge in [0, 0.05) is 37.2 Å². The van der Waals surface area contributed by atoms with Gasteiger partial charge < -0.3 is 10.6 Å². The highest BCUT2D eigenvalue weighted by Gasteiger charge is 2.33. The zero-order chi connectivity index (χ0) is 13.0. The van der Waals surface area contributed by atoms with E-state index in [9.17, 15) is 4.79 Å². The third kappa shape index (κ3) is 3.06. The average molecular weight is 264 g/mol. The van der Waals surface area contributed by atoms with Crippen LogP contribution in [-0.2, 0) is 4.79 Å². The summed E-state index contributed by atoms with van der Waals surface area (Å²) < 4.78 is 0. The lowest BCUT2D eigenvalue weighted by atomic mass is 9.95. The molecular formula is C14H20N2OS. The van der Waals surface area contributed by atoms with E-state index in [-0.39, 0.29) is 17.9 Å². The smallest absolute Gasteiger partial charge is 0.223 e. The Bertz CT molecular complexity index is 396. The van der Waals surface area contributed by atoms with Gasteiger partial charge in [0.2, 0.25) is 5.91 Å². The fourth-order valence-corrected chi connectivity index (χ4v) is 2.81. The number of thioether (sulfide) groups is 1. The average Bonchev–Trinajstić information content (AvgIpc) is 2.79. The van der Waals surface area contributed by atoms with Gasteiger partial charge in [-0.1, -0.05) is 30.3 Å². The lowest BCUT2D eigenvalue weighted by Gasteiger charge is -2.16. The molecule has 1 aliphatic heterocycles. The van der Waals surface area contributed by atoms with Gasteiger partial charge in [0.25, 0.3) is 0 Å². The summed E-state index contributed by atoms with van der Waals surface area (Å²) in [6.07, 6.45) is 2.64. The van der Waals surface area contributed by atoms with Crippen LogP contribution in [-0.4, -0.2) is 41.9 Å². The van der Waals surface area contributed by atoms with Crippen molar-refractivity contribution in [3.63, 3.8) is 0 Å². The van der Waals surface area contributed by atoms with E-state index in [0.717, 1.165) is 12.3 Å². The molecule has 0 aliphatic carbocycles. The van der Waals surface area contributed by atoms with Gasteiger partial charge >= 0.3 is 0 Å². The Hall–Kier alpha value is -1.00. The van der Waals surface area contributed by atoms with Crippen molar-refractivity contribution in [1.82, 2.24) is 4.90 Å². The predicted molar refractivity (Wildman–Crippen MR) is 76.7 cm³/mol. The topological polar surface area (TPSA) is 46.3 Å². The molecule has 0 aromatic heterocycles. The van der Waals surface area contributed by atoms with E-state index in [1.54, 1.807) is 11.8 Å². The van der Waals surface area contributed by atoms with Crippen LogP contribution in [0.15, 0.2) is 30.3 Å². The molecule has 1 aromatic rings. The summed E-state index contributed by atoms with van der Waals surface area (Å²) in [6.45, 7) is 1.45. The number of amides is 1. The minimum Gasteiger partial charge on any atom is -0.340 e. The van der Waals surface area contributed by atoms with Crippen molar-refractivity contribution in [2.75, 3.05) is 25.1 Å². The molecule has 0 spiro atoms. The highest BCUT2D eigenvalue weighted by atomic mass is 32.2. The third-order valence-electron chi connectivity index (χ3n) is 3.47. The summed E-state index contributed by atoms with van der Waals surface area (Å²) in [5.41, 5.74) is 7.41. The molecule has 1 fully saturated rings. The Morgan fingerprint density at radius 1 is 1.39 bits per heavy atom. The first-order valence-electron chi connectivity index (χ1n) is 6.29. The molecule has 4 heteroatoms. The molecule has 2 rings (SSSR count). The maximum atomic E-state index is 12.0. The van der Waals surface area contributed by atoms with Gasteiger partial charge in [-0.15, -0.1) is 0 Å². The highest BCUT2D eigenvalue weighted by molar-refractivity contribution is 7.98. The zero-order valence-electron chi connectivity index (χ0n) is 10.7. The van der Waals surface area contributed by atoms with Crippen LogP contribution in [0.25, 0.3) is 0 Å². The van der Waals surface area contributed by atoms with Gasteiger partial charge in [-0.3, -0.25) is 4.79 Å². The second-order valence-corrected chi connectivity index (χ2v) is 5.71. The van der Waals surface area contributed by atoms with Crippen molar-refractivity contribution in [2.24, 2.45) is 5.73 Å². The fourth-order valence-electron chi connectivity index (χ4n) is 2.43. The van der Waals surface area contributed by atoms with Crippen LogP contribution in [0.5, 0.6) is 0 Å². The quantitative estimate of drug-likeness (QED) is 0.900. The first-order valence-corrected chi connectivity index (χ1v) is 7.69. The van der Waals surface area contributed by atoms with Crippen LogP contribution in [0.1, 0.15) is 17.9 Å². The fraction of sp³-hybridized carbons (Fsp3) is 0.500. The molecule has 1 amide bonds. The van der Waals surface area contributed by atoms with Crippen LogP contribution in [0.3, 0.4) is 0 Å². The molecule has 1 saturated heterocycles. The molecule has 2 N–H and O–H groups in total. The largest absolute Gasteiger partial charge is 0.340 e. The molecule has 1 aliphatic rings. The van der Waals surface area contributed by atoms with Crippen molar-refractivity contribution in [2.45, 2.75) is 18.4 Å². The van der Waals surface area contributed by atoms with Gasteiger partial charge in [-0.05, 0) is 11.8 Å². The van der Waals surface area contributed by atoms with Crippen LogP contribution >= 0.6 is 11.8 Å². The Morgan fingerprint density at radius 3 is 2.78 bits per heavy atom. The van der Waals surface area contributed by atoms with Crippen molar-refractivity contribution < 1.29 is 4.79 Å². The predicted octanol–water partition coefficient (Wildman–Crippen LogP) is 1.69. The number of carbonyl (C=O) groups is 1. The van der Waals surface area contributed by atoms with E-state index in [4.69, 9.17) is 5.73 Å². The lowest BCUT2D eigenvalue weighted by Crippen LogP contribution is -2.32. The zero-order valence-corrected chi connectivity index (χ0v) is 11.5. The molecular weight excluding hydrogens is 244 g/mol. The van der Waals surface area contributed by atoms with E-state index >= 15 is 0 Å². The highest BCUT2D eigenvalue weighted by Crippen LogP contribution is 2.26. The summed E-state index contributed by atoms with van der Waals surface area (Å²) >= 11 is 1.71. The summed E-state index contributed by atoms with van der Waals surface area (Å²) in [5, 5.41) is 0. The molecule has 3 nitrogen and oxygen atoms in total. The van der Waals surface area contributed by atoms with Gasteiger partial charge in [-0.2, -0.15) is 11.8 Å². The minimum absolute atomic E-state index is 0.0608.